The molecule has 4 aliphatic heterocycles. The lowest BCUT2D eigenvalue weighted by Crippen LogP contribution is -2.65. The van der Waals surface area contributed by atoms with Gasteiger partial charge in [-0.15, -0.1) is 0 Å². The monoisotopic (exact) mass is 916 g/mol. The fraction of sp³-hybridized carbons (Fsp3) is 0.933. The molecule has 4 saturated carbocycles. The number of carbonyl (C=O) groups is 1. The molecule has 0 radical (unpaired) electrons. The van der Waals surface area contributed by atoms with Crippen molar-refractivity contribution in [1.29, 1.82) is 0 Å². The van der Waals surface area contributed by atoms with E-state index in [4.69, 9.17) is 33.2 Å². The average molecular weight is 917 g/mol. The van der Waals surface area contributed by atoms with Gasteiger partial charge in [-0.3, -0.25) is 4.79 Å². The molecule has 19 nitrogen and oxygen atoms in total. The van der Waals surface area contributed by atoms with Gasteiger partial charge in [-0.05, 0) is 92.4 Å². The summed E-state index contributed by atoms with van der Waals surface area (Å²) in [4.78, 5) is 14.6. The third-order valence-corrected chi connectivity index (χ3v) is 17.2. The quantitative estimate of drug-likeness (QED) is 0.0923. The van der Waals surface area contributed by atoms with Crippen LogP contribution in [0, 0.1) is 46.3 Å². The van der Waals surface area contributed by atoms with E-state index >= 15 is 0 Å². The van der Waals surface area contributed by atoms with Gasteiger partial charge in [-0.25, -0.2) is 0 Å². The standard InChI is InChI=1S/C45H72O19/c1-18(17-58-41-37(55)34(52)32(50)27(14-46)61-41)5-8-25-19(2)31-26(60-25)12-24-22-7-6-20-11-21(9-10-44(20,3)23(22)13-30(49)45(24,31)4)59-42-39(57)36(54)40(29(16-48)63-42)64-43-38(56)35(53)33(51)28(15-47)62-43/h18,20-24,26-29,31-43,46-48,50-57H,5-17H2,1-4H3/t18-,20?,21?,22?,23?,24?,26?,27-,28-,29-,31?,32-,33-,34+,35+,36-,37-,38-,39-,40+,41-,42-,43+,44+,45-/m1/s1. The molecule has 0 amide bonds. The highest BCUT2D eigenvalue weighted by molar-refractivity contribution is 5.87. The van der Waals surface area contributed by atoms with E-state index in [9.17, 15) is 61.0 Å². The summed E-state index contributed by atoms with van der Waals surface area (Å²) in [5.74, 6) is 2.21. The second kappa shape index (κ2) is 19.1. The van der Waals surface area contributed by atoms with Crippen molar-refractivity contribution >= 4 is 5.78 Å². The Hall–Kier alpha value is -1.47. The Morgan fingerprint density at radius 2 is 1.30 bits per heavy atom. The number of carbonyl (C=O) groups excluding carboxylic acids is 1. The Morgan fingerprint density at radius 1 is 0.703 bits per heavy atom. The molecule has 0 aromatic heterocycles. The Balaban J connectivity index is 0.855. The molecule has 7 unspecified atom stereocenters. The summed E-state index contributed by atoms with van der Waals surface area (Å²) in [7, 11) is 0. The van der Waals surface area contributed by atoms with Crippen LogP contribution in [0.1, 0.15) is 85.5 Å². The van der Waals surface area contributed by atoms with Gasteiger partial charge in [0.05, 0.1) is 38.3 Å². The molecule has 0 aromatic rings. The van der Waals surface area contributed by atoms with E-state index in [1.165, 1.54) is 0 Å². The van der Waals surface area contributed by atoms with Crippen molar-refractivity contribution in [1.82, 2.24) is 0 Å². The zero-order valence-corrected chi connectivity index (χ0v) is 37.2. The van der Waals surface area contributed by atoms with Gasteiger partial charge < -0.3 is 89.3 Å². The highest BCUT2D eigenvalue weighted by Crippen LogP contribution is 2.69. The lowest BCUT2D eigenvalue weighted by molar-refractivity contribution is -0.364. The fourth-order valence-corrected chi connectivity index (χ4v) is 13.4. The second-order valence-corrected chi connectivity index (χ2v) is 20.8. The van der Waals surface area contributed by atoms with Gasteiger partial charge in [0, 0.05) is 24.2 Å². The van der Waals surface area contributed by atoms with Gasteiger partial charge in [-0.2, -0.15) is 0 Å². The highest BCUT2D eigenvalue weighted by atomic mass is 16.7. The SMILES string of the molecule is CC1=C(CC[C@@H](C)CO[C@@H]2O[C@H](CO)[C@@H](O)[C@H](O)[C@H]2O)OC2CC3C4CCC5CC(O[C@@H]6O[C@H](CO)[C@H](O[C@@H]7O[C@H](CO)[C@@H](O)[C@H](O)[C@H]7O)[C@H](O)[C@H]6O)CC[C@]5(C)C4CC(=O)[C@]3(C)C12. The molecule has 0 spiro atoms. The van der Waals surface area contributed by atoms with Crippen molar-refractivity contribution in [3.63, 3.8) is 0 Å². The van der Waals surface area contributed by atoms with Crippen molar-refractivity contribution in [2.24, 2.45) is 46.3 Å². The van der Waals surface area contributed by atoms with Crippen molar-refractivity contribution in [2.75, 3.05) is 26.4 Å². The lowest BCUT2D eigenvalue weighted by Gasteiger charge is -2.60. The summed E-state index contributed by atoms with van der Waals surface area (Å²) in [5.41, 5.74) is 0.474. The van der Waals surface area contributed by atoms with Crippen LogP contribution < -0.4 is 0 Å². The van der Waals surface area contributed by atoms with Gasteiger partial charge >= 0.3 is 0 Å². The second-order valence-electron chi connectivity index (χ2n) is 20.8. The first-order valence-electron chi connectivity index (χ1n) is 23.4. The minimum Gasteiger partial charge on any atom is -0.494 e. The van der Waals surface area contributed by atoms with E-state index in [1.807, 2.05) is 6.92 Å². The van der Waals surface area contributed by atoms with Gasteiger partial charge in [-0.1, -0.05) is 20.8 Å². The Labute approximate surface area is 373 Å². The molecule has 0 aromatic carbocycles. The average Bonchev–Trinajstić information content (AvgIpc) is 3.77. The van der Waals surface area contributed by atoms with E-state index in [-0.39, 0.29) is 53.8 Å². The van der Waals surface area contributed by atoms with Gasteiger partial charge in [0.1, 0.15) is 85.1 Å². The summed E-state index contributed by atoms with van der Waals surface area (Å²) in [6.07, 6.45) is -15.6. The van der Waals surface area contributed by atoms with Crippen LogP contribution >= 0.6 is 0 Å². The molecule has 8 aliphatic rings. The molecule has 366 valence electrons. The summed E-state index contributed by atoms with van der Waals surface area (Å²) in [5, 5.41) is 113. The maximum absolute atomic E-state index is 14.6. The van der Waals surface area contributed by atoms with E-state index < -0.39 is 117 Å². The molecule has 64 heavy (non-hydrogen) atoms. The van der Waals surface area contributed by atoms with E-state index in [0.29, 0.717) is 43.8 Å². The first-order valence-corrected chi connectivity index (χ1v) is 23.4. The Bertz CT molecular complexity index is 1660. The third-order valence-electron chi connectivity index (χ3n) is 17.2. The van der Waals surface area contributed by atoms with Crippen LogP contribution in [0.2, 0.25) is 0 Å². The fourth-order valence-electron chi connectivity index (χ4n) is 13.4. The number of fused-ring (bicyclic) bond motifs is 7. The topological polar surface area (TPSA) is 304 Å². The summed E-state index contributed by atoms with van der Waals surface area (Å²) in [6, 6.07) is 0. The summed E-state index contributed by atoms with van der Waals surface area (Å²) < 4.78 is 41.4. The third kappa shape index (κ3) is 8.43. The molecule has 4 heterocycles. The number of allylic oxidation sites excluding steroid dienone is 1. The summed E-state index contributed by atoms with van der Waals surface area (Å²) >= 11 is 0. The van der Waals surface area contributed by atoms with Crippen LogP contribution in [0.3, 0.4) is 0 Å². The minimum absolute atomic E-state index is 0.00138. The maximum Gasteiger partial charge on any atom is 0.187 e. The number of ether oxygens (including phenoxy) is 7. The molecular formula is C45H72O19. The van der Waals surface area contributed by atoms with Crippen LogP contribution in [0.25, 0.3) is 0 Å². The largest absolute Gasteiger partial charge is 0.494 e. The number of rotatable bonds is 13. The Kier molecular flexibility index (Phi) is 14.6. The lowest BCUT2D eigenvalue weighted by atomic mass is 9.44. The number of aliphatic hydroxyl groups is 11. The Morgan fingerprint density at radius 3 is 1.95 bits per heavy atom. The van der Waals surface area contributed by atoms with E-state index in [1.54, 1.807) is 0 Å². The first-order chi connectivity index (χ1) is 30.4. The molecule has 8 rings (SSSR count). The van der Waals surface area contributed by atoms with Crippen molar-refractivity contribution in [3.05, 3.63) is 11.3 Å². The molecule has 0 bridgehead atoms. The van der Waals surface area contributed by atoms with E-state index in [0.717, 1.165) is 37.0 Å². The minimum atomic E-state index is -1.76. The van der Waals surface area contributed by atoms with Crippen LogP contribution in [0.15, 0.2) is 11.3 Å². The molecule has 7 fully saturated rings. The molecule has 19 heteroatoms. The molecular weight excluding hydrogens is 844 g/mol. The van der Waals surface area contributed by atoms with Crippen molar-refractivity contribution in [2.45, 2.75) is 190 Å². The van der Waals surface area contributed by atoms with Crippen LogP contribution in [0.5, 0.6) is 0 Å². The highest BCUT2D eigenvalue weighted by Gasteiger charge is 2.68. The smallest absolute Gasteiger partial charge is 0.187 e. The number of ketones is 1. The van der Waals surface area contributed by atoms with Crippen LogP contribution in [-0.4, -0.2) is 193 Å². The summed E-state index contributed by atoms with van der Waals surface area (Å²) in [6.45, 7) is 6.93. The zero-order valence-electron chi connectivity index (χ0n) is 37.2. The zero-order chi connectivity index (χ0) is 46.2. The molecule has 4 aliphatic carbocycles. The maximum atomic E-state index is 14.6. The van der Waals surface area contributed by atoms with Crippen molar-refractivity contribution in [3.8, 4) is 0 Å². The van der Waals surface area contributed by atoms with Gasteiger partial charge in [0.25, 0.3) is 0 Å². The predicted octanol–water partition coefficient (Wildman–Crippen LogP) is -1.65. The molecule has 3 saturated heterocycles. The van der Waals surface area contributed by atoms with Crippen LogP contribution in [0.4, 0.5) is 0 Å². The van der Waals surface area contributed by atoms with Gasteiger partial charge in [0.2, 0.25) is 0 Å². The predicted molar refractivity (Wildman–Crippen MR) is 218 cm³/mol. The number of Topliss-reactive ketones (excluding diaryl/α,β-unsaturated/α-hetero) is 1. The van der Waals surface area contributed by atoms with Gasteiger partial charge in [0.15, 0.2) is 18.9 Å². The normalized spacial score (nSPS) is 52.1. The number of hydrogen-bond acceptors (Lipinski definition) is 19. The first kappa shape index (κ1) is 49.0. The number of hydrogen-bond donors (Lipinski definition) is 11. The molecule has 11 N–H and O–H groups in total. The van der Waals surface area contributed by atoms with Crippen molar-refractivity contribution < 1.29 is 94.1 Å². The van der Waals surface area contributed by atoms with E-state index in [2.05, 4.69) is 20.8 Å². The molecule has 25 atom stereocenters. The number of aliphatic hydroxyl groups excluding tert-OH is 11. The van der Waals surface area contributed by atoms with Crippen LogP contribution in [-0.2, 0) is 38.0 Å².